The van der Waals surface area contributed by atoms with Crippen LogP contribution >= 0.6 is 0 Å². The summed E-state index contributed by atoms with van der Waals surface area (Å²) in [5.74, 6) is -0.282. The van der Waals surface area contributed by atoms with Crippen LogP contribution in [0.4, 0.5) is 105 Å². The summed E-state index contributed by atoms with van der Waals surface area (Å²) in [4.78, 5) is 0. The van der Waals surface area contributed by atoms with Gasteiger partial charge in [0.15, 0.2) is 0 Å². The van der Waals surface area contributed by atoms with Gasteiger partial charge in [0.05, 0.1) is 57.6 Å². The Balaban J connectivity index is 1.49. The van der Waals surface area contributed by atoms with Gasteiger partial charge in [-0.1, -0.05) is 55.5 Å². The zero-order valence-corrected chi connectivity index (χ0v) is 44.9. The molecule has 0 unspecified atom stereocenters. The van der Waals surface area contributed by atoms with Crippen molar-refractivity contribution in [2.75, 3.05) is 13.1 Å². The molecule has 0 atom stereocenters. The summed E-state index contributed by atoms with van der Waals surface area (Å²) in [5, 5.41) is 26.8. The molecule has 2 aliphatic heterocycles. The van der Waals surface area contributed by atoms with Crippen LogP contribution in [0.1, 0.15) is 109 Å². The van der Waals surface area contributed by atoms with E-state index in [0.29, 0.717) is 0 Å². The highest BCUT2D eigenvalue weighted by Gasteiger charge is 2.52. The quantitative estimate of drug-likeness (QED) is 0.0990. The maximum absolute atomic E-state index is 15.0. The van der Waals surface area contributed by atoms with Gasteiger partial charge >= 0.3 is 49.4 Å². The number of aliphatic hydroxyl groups is 2. The van der Waals surface area contributed by atoms with Crippen LogP contribution in [0.2, 0.25) is 0 Å². The average molecular weight is 1290 g/mol. The predicted molar refractivity (Wildman–Crippen MR) is 273 cm³/mol. The zero-order chi connectivity index (χ0) is 65.6. The second kappa shape index (κ2) is 21.0. The molecule has 2 heterocycles. The Bertz CT molecular complexity index is 3560. The van der Waals surface area contributed by atoms with Crippen LogP contribution in [0.5, 0.6) is 0 Å². The fourth-order valence-electron chi connectivity index (χ4n) is 12.2. The standard InChI is InChI=1S/C62H40F24NO2/c1-30-10-12-87(13-11-30)28-47-49(53(88,33-16-37(55(63,64)65)24-38(17-33)56(66,67)68)34-18-39(57(69,70)71)25-40(19-34)58(72,73)74)14-31-6-2-4-8-45(31)51(47)52-46-9-5-3-7-32(46)15-50(48(52)29-87)54(89,35-20-41(59(75,76)77)26-42(21-35)60(78,79)80)36-22-43(61(81,82)83)27-44(23-36)62(84,85)86/h2-9,14-27,30,88-89H,10-13,28-29H2,1H3/q+1. The Kier molecular flexibility index (Phi) is 15.2. The van der Waals surface area contributed by atoms with E-state index in [4.69, 9.17) is 0 Å². The van der Waals surface area contributed by atoms with Gasteiger partial charge in [0, 0.05) is 22.3 Å². The van der Waals surface area contributed by atoms with Crippen molar-refractivity contribution in [2.24, 2.45) is 5.92 Å². The van der Waals surface area contributed by atoms with E-state index in [1.807, 2.05) is 0 Å². The van der Waals surface area contributed by atoms with Crippen LogP contribution in [-0.4, -0.2) is 27.8 Å². The predicted octanol–water partition coefficient (Wildman–Crippen LogP) is 19.6. The molecule has 472 valence electrons. The van der Waals surface area contributed by atoms with Crippen molar-refractivity contribution < 1.29 is 120 Å². The summed E-state index contributed by atoms with van der Waals surface area (Å²) in [6.45, 7) is -0.276. The van der Waals surface area contributed by atoms with Gasteiger partial charge in [-0.3, -0.25) is 0 Å². The first-order valence-electron chi connectivity index (χ1n) is 26.3. The molecule has 3 nitrogen and oxygen atoms in total. The van der Waals surface area contributed by atoms with E-state index >= 15 is 0 Å². The summed E-state index contributed by atoms with van der Waals surface area (Å²) in [5.41, 5.74) is -36.6. The zero-order valence-electron chi connectivity index (χ0n) is 44.9. The number of alkyl halides is 24. The minimum Gasteiger partial charge on any atom is -0.376 e. The largest absolute Gasteiger partial charge is 0.416 e. The first-order chi connectivity index (χ1) is 40.7. The molecular formula is C62H40F24NO2+. The van der Waals surface area contributed by atoms with Gasteiger partial charge in [-0.2, -0.15) is 105 Å². The molecule has 1 fully saturated rings. The van der Waals surface area contributed by atoms with Crippen LogP contribution in [0, 0.1) is 5.92 Å². The normalized spacial score (nSPS) is 16.0. The first kappa shape index (κ1) is 64.5. The van der Waals surface area contributed by atoms with Crippen LogP contribution in [0.25, 0.3) is 32.7 Å². The molecule has 0 aromatic heterocycles. The number of halogens is 24. The minimum absolute atomic E-state index is 0.0846. The van der Waals surface area contributed by atoms with Gasteiger partial charge < -0.3 is 14.7 Å². The van der Waals surface area contributed by atoms with Crippen molar-refractivity contribution in [1.29, 1.82) is 0 Å². The summed E-state index contributed by atoms with van der Waals surface area (Å²) in [6, 6.07) is 8.52. The van der Waals surface area contributed by atoms with E-state index in [-0.39, 0.29) is 102 Å². The third kappa shape index (κ3) is 11.9. The topological polar surface area (TPSA) is 40.5 Å². The van der Waals surface area contributed by atoms with Gasteiger partial charge in [0.2, 0.25) is 0 Å². The summed E-state index contributed by atoms with van der Waals surface area (Å²) in [6.07, 6.45) is -46.4. The fraction of sp³-hybridized carbons (Fsp3) is 0.290. The Morgan fingerprint density at radius 3 is 0.753 bits per heavy atom. The molecule has 0 radical (unpaired) electrons. The summed E-state index contributed by atoms with van der Waals surface area (Å²) >= 11 is 0. The molecule has 8 aromatic carbocycles. The van der Waals surface area contributed by atoms with Crippen molar-refractivity contribution in [1.82, 2.24) is 0 Å². The van der Waals surface area contributed by atoms with Gasteiger partial charge in [-0.25, -0.2) is 0 Å². The maximum atomic E-state index is 15.0. The van der Waals surface area contributed by atoms with E-state index in [2.05, 4.69) is 0 Å². The smallest absolute Gasteiger partial charge is 0.376 e. The molecule has 8 aromatic rings. The van der Waals surface area contributed by atoms with Crippen molar-refractivity contribution >= 4 is 21.5 Å². The second-order valence-electron chi connectivity index (χ2n) is 22.4. The summed E-state index contributed by atoms with van der Waals surface area (Å²) in [7, 11) is 0. The van der Waals surface area contributed by atoms with Crippen molar-refractivity contribution in [3.8, 4) is 11.1 Å². The first-order valence-corrected chi connectivity index (χ1v) is 26.3. The van der Waals surface area contributed by atoms with Gasteiger partial charge in [0.1, 0.15) is 24.3 Å². The van der Waals surface area contributed by atoms with E-state index < -0.39 is 203 Å². The fourth-order valence-corrected chi connectivity index (χ4v) is 12.2. The third-order valence-electron chi connectivity index (χ3n) is 16.5. The lowest BCUT2D eigenvalue weighted by Gasteiger charge is -2.44. The van der Waals surface area contributed by atoms with Gasteiger partial charge in [0.25, 0.3) is 0 Å². The van der Waals surface area contributed by atoms with Gasteiger partial charge in [-0.15, -0.1) is 0 Å². The number of benzene rings is 8. The highest BCUT2D eigenvalue weighted by Crippen LogP contribution is 2.56. The monoisotopic (exact) mass is 1290 g/mol. The van der Waals surface area contributed by atoms with E-state index in [0.717, 1.165) is 24.3 Å². The SMILES string of the molecule is CC1CC[N+]2(CC1)Cc1c(C(O)(c3cc(C(F)(F)F)cc(C(F)(F)F)c3)c3cc(C(F)(F)F)cc(C(F)(F)F)c3)cc3ccccc3c1-c1c(c(C(O)(c3cc(C(F)(F)F)cc(C(F)(F)F)c3)c3cc(C(F)(F)F)cc(C(F)(F)F)c3)cc3ccccc13)C2. The Labute approximate surface area is 486 Å². The van der Waals surface area contributed by atoms with E-state index in [9.17, 15) is 116 Å². The number of quaternary nitrogens is 1. The Morgan fingerprint density at radius 1 is 0.315 bits per heavy atom. The Hall–Kier alpha value is -7.52. The van der Waals surface area contributed by atoms with Crippen LogP contribution in [0.3, 0.4) is 0 Å². The molecule has 2 aliphatic rings. The number of piperidine rings is 1. The lowest BCUT2D eigenvalue weighted by molar-refractivity contribution is -0.958. The van der Waals surface area contributed by atoms with Crippen LogP contribution < -0.4 is 0 Å². The Morgan fingerprint density at radius 2 is 0.528 bits per heavy atom. The van der Waals surface area contributed by atoms with Crippen LogP contribution in [-0.2, 0) is 73.7 Å². The van der Waals surface area contributed by atoms with Gasteiger partial charge in [-0.05, 0) is 159 Å². The highest BCUT2D eigenvalue weighted by molar-refractivity contribution is 6.09. The van der Waals surface area contributed by atoms with Crippen molar-refractivity contribution in [3.63, 3.8) is 0 Å². The molecule has 2 N–H and O–H groups in total. The third-order valence-corrected chi connectivity index (χ3v) is 16.5. The molecule has 0 bridgehead atoms. The molecule has 10 rings (SSSR count). The van der Waals surface area contributed by atoms with Crippen molar-refractivity contribution in [3.05, 3.63) is 222 Å². The molecule has 0 saturated carbocycles. The maximum Gasteiger partial charge on any atom is 0.416 e. The molecule has 0 aliphatic carbocycles. The number of hydrogen-bond acceptors (Lipinski definition) is 2. The number of rotatable bonds is 6. The number of fused-ring (bicyclic) bond motifs is 7. The molecule has 27 heteroatoms. The minimum atomic E-state index is -5.83. The molecule has 1 spiro atoms. The lowest BCUT2D eigenvalue weighted by Crippen LogP contribution is -2.51. The molecule has 0 amide bonds. The van der Waals surface area contributed by atoms with E-state index in [1.165, 1.54) is 36.4 Å². The lowest BCUT2D eigenvalue weighted by atomic mass is 9.72. The van der Waals surface area contributed by atoms with Crippen molar-refractivity contribution in [2.45, 2.75) is 93.5 Å². The second-order valence-corrected chi connectivity index (χ2v) is 22.4. The van der Waals surface area contributed by atoms with E-state index in [1.54, 1.807) is 6.92 Å². The highest BCUT2D eigenvalue weighted by atomic mass is 19.4. The average Bonchev–Trinajstić information content (AvgIpc) is 1.69. The van der Waals surface area contributed by atoms with Crippen LogP contribution in [0.15, 0.2) is 133 Å². The summed E-state index contributed by atoms with van der Waals surface area (Å²) < 4.78 is 359. The molecule has 1 saturated heterocycles. The number of hydrogen-bond donors (Lipinski definition) is 2. The number of nitrogens with zero attached hydrogens (tertiary/aromatic N) is 1. The molecule has 89 heavy (non-hydrogen) atoms. The molecular weight excluding hydrogens is 1250 g/mol.